The Morgan fingerprint density at radius 3 is 2.50 bits per heavy atom. The van der Waals surface area contributed by atoms with Crippen molar-refractivity contribution in [3.8, 4) is 5.75 Å². The van der Waals surface area contributed by atoms with Gasteiger partial charge >= 0.3 is 0 Å². The van der Waals surface area contributed by atoms with Crippen molar-refractivity contribution >= 4 is 5.78 Å². The first-order valence-electron chi connectivity index (χ1n) is 9.20. The molecule has 2 aromatic carbocycles. The molecule has 0 saturated carbocycles. The summed E-state index contributed by atoms with van der Waals surface area (Å²) in [6.07, 6.45) is 4.01. The van der Waals surface area contributed by atoms with E-state index in [1.54, 1.807) is 19.1 Å². The first-order valence-corrected chi connectivity index (χ1v) is 9.20. The molecule has 0 aromatic heterocycles. The number of aryl methyl sites for hydroxylation is 1. The largest absolute Gasteiger partial charge is 0.491 e. The third-order valence-corrected chi connectivity index (χ3v) is 4.49. The van der Waals surface area contributed by atoms with Crippen LogP contribution < -0.4 is 4.74 Å². The Morgan fingerprint density at radius 1 is 1.08 bits per heavy atom. The maximum atomic E-state index is 14.3. The van der Waals surface area contributed by atoms with Crippen molar-refractivity contribution in [1.82, 2.24) is 0 Å². The Balaban J connectivity index is 2.13. The summed E-state index contributed by atoms with van der Waals surface area (Å²) in [6.45, 7) is 5.78. The van der Waals surface area contributed by atoms with Crippen LogP contribution in [0.4, 0.5) is 8.78 Å². The Bertz CT molecular complexity index is 769. The highest BCUT2D eigenvalue weighted by atomic mass is 19.1. The number of carbonyl (C=O) groups is 1. The fraction of sp³-hybridized carbons (Fsp3) is 0.409. The van der Waals surface area contributed by atoms with Crippen molar-refractivity contribution in [3.05, 3.63) is 64.2 Å². The lowest BCUT2D eigenvalue weighted by Gasteiger charge is -2.11. The van der Waals surface area contributed by atoms with E-state index in [1.807, 2.05) is 6.07 Å². The third-order valence-electron chi connectivity index (χ3n) is 4.49. The van der Waals surface area contributed by atoms with Crippen molar-refractivity contribution < 1.29 is 18.3 Å². The topological polar surface area (TPSA) is 26.3 Å². The molecule has 26 heavy (non-hydrogen) atoms. The zero-order chi connectivity index (χ0) is 19.1. The van der Waals surface area contributed by atoms with Gasteiger partial charge in [0.25, 0.3) is 0 Å². The predicted octanol–water partition coefficient (Wildman–Crippen LogP) is 5.83. The molecule has 0 aliphatic rings. The van der Waals surface area contributed by atoms with Crippen LogP contribution in [0.5, 0.6) is 5.75 Å². The molecule has 0 atom stereocenters. The average Bonchev–Trinajstić information content (AvgIpc) is 2.61. The minimum absolute atomic E-state index is 0.0880. The van der Waals surface area contributed by atoms with E-state index in [4.69, 9.17) is 4.74 Å². The van der Waals surface area contributed by atoms with Gasteiger partial charge in [-0.25, -0.2) is 8.78 Å². The zero-order valence-corrected chi connectivity index (χ0v) is 15.7. The van der Waals surface area contributed by atoms with Crippen molar-refractivity contribution in [2.24, 2.45) is 0 Å². The Hall–Kier alpha value is -2.23. The van der Waals surface area contributed by atoms with Gasteiger partial charge in [-0.3, -0.25) is 4.79 Å². The van der Waals surface area contributed by atoms with Crippen LogP contribution in [0.3, 0.4) is 0 Å². The molecule has 0 unspecified atom stereocenters. The highest BCUT2D eigenvalue weighted by Crippen LogP contribution is 2.25. The average molecular weight is 360 g/mol. The molecular formula is C22H26F2O2. The van der Waals surface area contributed by atoms with Gasteiger partial charge in [0.15, 0.2) is 17.3 Å². The molecule has 0 aliphatic heterocycles. The second kappa shape index (κ2) is 9.46. The van der Waals surface area contributed by atoms with Gasteiger partial charge in [0, 0.05) is 12.0 Å². The lowest BCUT2D eigenvalue weighted by molar-refractivity contribution is 0.0990. The summed E-state index contributed by atoms with van der Waals surface area (Å²) in [5.41, 5.74) is 1.77. The zero-order valence-electron chi connectivity index (χ0n) is 15.7. The van der Waals surface area contributed by atoms with E-state index in [2.05, 4.69) is 6.92 Å². The van der Waals surface area contributed by atoms with Crippen LogP contribution in [0.1, 0.15) is 60.2 Å². The fourth-order valence-corrected chi connectivity index (χ4v) is 2.97. The summed E-state index contributed by atoms with van der Waals surface area (Å²) < 4.78 is 33.8. The van der Waals surface area contributed by atoms with E-state index in [1.165, 1.54) is 19.1 Å². The molecule has 2 rings (SSSR count). The summed E-state index contributed by atoms with van der Waals surface area (Å²) in [4.78, 5) is 12.5. The molecule has 0 spiro atoms. The Morgan fingerprint density at radius 2 is 1.85 bits per heavy atom. The molecular weight excluding hydrogens is 334 g/mol. The number of rotatable bonds is 9. The minimum atomic E-state index is -0.538. The third kappa shape index (κ3) is 4.90. The molecule has 0 aliphatic carbocycles. The van der Waals surface area contributed by atoms with E-state index < -0.39 is 5.82 Å². The molecule has 0 radical (unpaired) electrons. The number of ether oxygens (including phenoxy) is 1. The highest BCUT2D eigenvalue weighted by Gasteiger charge is 2.17. The number of benzene rings is 2. The lowest BCUT2D eigenvalue weighted by Crippen LogP contribution is -2.09. The lowest BCUT2D eigenvalue weighted by atomic mass is 9.97. The first kappa shape index (κ1) is 20.1. The van der Waals surface area contributed by atoms with Gasteiger partial charge < -0.3 is 4.74 Å². The molecule has 0 N–H and O–H groups in total. The number of hydrogen-bond acceptors (Lipinski definition) is 2. The smallest absolute Gasteiger partial charge is 0.168 e. The highest BCUT2D eigenvalue weighted by molar-refractivity contribution is 5.99. The molecule has 0 bridgehead atoms. The van der Waals surface area contributed by atoms with Crippen molar-refractivity contribution in [1.29, 1.82) is 0 Å². The molecule has 0 saturated heterocycles. The van der Waals surface area contributed by atoms with E-state index in [-0.39, 0.29) is 34.9 Å². The standard InChI is InChI=1S/C22H26F2O2/c1-4-6-7-8-16-9-10-17(19(23)13-16)14-20(25)18-11-12-21(26-5-2)22(24)15(18)3/h9-13H,4-8,14H2,1-3H3. The van der Waals surface area contributed by atoms with Gasteiger partial charge in [-0.2, -0.15) is 0 Å². The van der Waals surface area contributed by atoms with Crippen LogP contribution in [0.25, 0.3) is 0 Å². The SMILES string of the molecule is CCCCCc1ccc(CC(=O)c2ccc(OCC)c(F)c2C)c(F)c1. The molecule has 0 amide bonds. The number of ketones is 1. The molecule has 4 heteroatoms. The second-order valence-electron chi connectivity index (χ2n) is 6.47. The van der Waals surface area contributed by atoms with Crippen molar-refractivity contribution in [3.63, 3.8) is 0 Å². The monoisotopic (exact) mass is 360 g/mol. The van der Waals surface area contributed by atoms with E-state index in [9.17, 15) is 13.6 Å². The van der Waals surface area contributed by atoms with Crippen LogP contribution in [-0.2, 0) is 12.8 Å². The fourth-order valence-electron chi connectivity index (χ4n) is 2.97. The number of Topliss-reactive ketones (excluding diaryl/α,β-unsaturated/α-hetero) is 1. The van der Waals surface area contributed by atoms with Gasteiger partial charge in [0.05, 0.1) is 6.61 Å². The molecule has 0 fully saturated rings. The van der Waals surface area contributed by atoms with Gasteiger partial charge in [-0.15, -0.1) is 0 Å². The van der Waals surface area contributed by atoms with Gasteiger partial charge in [-0.1, -0.05) is 31.9 Å². The number of unbranched alkanes of at least 4 members (excludes halogenated alkanes) is 2. The summed E-state index contributed by atoms with van der Waals surface area (Å²) in [6, 6.07) is 8.03. The van der Waals surface area contributed by atoms with Crippen LogP contribution in [0.15, 0.2) is 30.3 Å². The quantitative estimate of drug-likeness (QED) is 0.415. The van der Waals surface area contributed by atoms with Crippen LogP contribution in [0, 0.1) is 18.6 Å². The molecule has 2 nitrogen and oxygen atoms in total. The van der Waals surface area contributed by atoms with Gasteiger partial charge in [0.1, 0.15) is 5.82 Å². The molecule has 0 heterocycles. The Kier molecular flexibility index (Phi) is 7.31. The Labute approximate surface area is 154 Å². The summed E-state index contributed by atoms with van der Waals surface area (Å²) in [5.74, 6) is -1.09. The summed E-state index contributed by atoms with van der Waals surface area (Å²) >= 11 is 0. The van der Waals surface area contributed by atoms with E-state index in [0.717, 1.165) is 31.2 Å². The normalized spacial score (nSPS) is 10.8. The number of carbonyl (C=O) groups excluding carboxylic acids is 1. The number of hydrogen-bond donors (Lipinski definition) is 0. The van der Waals surface area contributed by atoms with Crippen LogP contribution in [-0.4, -0.2) is 12.4 Å². The number of halogens is 2. The molecule has 140 valence electrons. The van der Waals surface area contributed by atoms with Crippen molar-refractivity contribution in [2.45, 2.75) is 52.9 Å². The van der Waals surface area contributed by atoms with E-state index >= 15 is 0 Å². The maximum Gasteiger partial charge on any atom is 0.168 e. The second-order valence-corrected chi connectivity index (χ2v) is 6.47. The summed E-state index contributed by atoms with van der Waals surface area (Å²) in [7, 11) is 0. The van der Waals surface area contributed by atoms with Gasteiger partial charge in [-0.05, 0) is 61.6 Å². The van der Waals surface area contributed by atoms with Crippen LogP contribution in [0.2, 0.25) is 0 Å². The molecule has 2 aromatic rings. The minimum Gasteiger partial charge on any atom is -0.491 e. The van der Waals surface area contributed by atoms with Crippen LogP contribution >= 0.6 is 0 Å². The summed E-state index contributed by atoms with van der Waals surface area (Å²) in [5, 5.41) is 0. The van der Waals surface area contributed by atoms with Crippen molar-refractivity contribution in [2.75, 3.05) is 6.61 Å². The van der Waals surface area contributed by atoms with Gasteiger partial charge in [0.2, 0.25) is 0 Å². The first-order chi connectivity index (χ1) is 12.5. The van der Waals surface area contributed by atoms with E-state index in [0.29, 0.717) is 12.2 Å². The predicted molar refractivity (Wildman–Crippen MR) is 100.0 cm³/mol. The maximum absolute atomic E-state index is 14.3.